The van der Waals surface area contributed by atoms with Gasteiger partial charge in [-0.2, -0.15) is 0 Å². The molecule has 0 fully saturated rings. The molecule has 0 amide bonds. The molecule has 0 saturated heterocycles. The van der Waals surface area contributed by atoms with Crippen molar-refractivity contribution in [1.29, 1.82) is 0 Å². The van der Waals surface area contributed by atoms with Crippen molar-refractivity contribution in [3.63, 3.8) is 0 Å². The predicted molar refractivity (Wildman–Crippen MR) is 60.0 cm³/mol. The Hall–Kier alpha value is -0.160. The SMILES string of the molecule is CC(C)N(CN)CCCOCCCN. The van der Waals surface area contributed by atoms with Crippen LogP contribution in [0.4, 0.5) is 0 Å². The van der Waals surface area contributed by atoms with Crippen molar-refractivity contribution in [2.45, 2.75) is 32.7 Å². The van der Waals surface area contributed by atoms with Crippen LogP contribution in [0.5, 0.6) is 0 Å². The fourth-order valence-corrected chi connectivity index (χ4v) is 1.22. The van der Waals surface area contributed by atoms with Crippen molar-refractivity contribution in [2.75, 3.05) is 33.0 Å². The fraction of sp³-hybridized carbons (Fsp3) is 1.00. The second-order valence-corrected chi connectivity index (χ2v) is 3.70. The Labute approximate surface area is 87.6 Å². The van der Waals surface area contributed by atoms with E-state index in [4.69, 9.17) is 16.2 Å². The van der Waals surface area contributed by atoms with Crippen LogP contribution >= 0.6 is 0 Å². The monoisotopic (exact) mass is 203 g/mol. The van der Waals surface area contributed by atoms with Gasteiger partial charge in [0.1, 0.15) is 0 Å². The first kappa shape index (κ1) is 13.8. The number of rotatable bonds is 9. The first-order chi connectivity index (χ1) is 6.72. The molecule has 0 rings (SSSR count). The lowest BCUT2D eigenvalue weighted by Gasteiger charge is -2.24. The van der Waals surface area contributed by atoms with Gasteiger partial charge in [-0.05, 0) is 33.2 Å². The maximum Gasteiger partial charge on any atom is 0.0478 e. The summed E-state index contributed by atoms with van der Waals surface area (Å²) >= 11 is 0. The first-order valence-electron chi connectivity index (χ1n) is 5.44. The molecule has 0 aromatic carbocycles. The number of hydrogen-bond donors (Lipinski definition) is 2. The minimum absolute atomic E-state index is 0.518. The minimum atomic E-state index is 0.518. The average Bonchev–Trinajstić information content (AvgIpc) is 2.16. The largest absolute Gasteiger partial charge is 0.381 e. The third kappa shape index (κ3) is 7.26. The summed E-state index contributed by atoms with van der Waals surface area (Å²) in [6, 6.07) is 0.518. The Bertz CT molecular complexity index is 120. The molecule has 0 heterocycles. The zero-order valence-corrected chi connectivity index (χ0v) is 9.54. The highest BCUT2D eigenvalue weighted by molar-refractivity contribution is 4.59. The van der Waals surface area contributed by atoms with Crippen molar-refractivity contribution in [3.8, 4) is 0 Å². The van der Waals surface area contributed by atoms with Gasteiger partial charge in [-0.25, -0.2) is 0 Å². The predicted octanol–water partition coefficient (Wildman–Crippen LogP) is 0.369. The molecule has 0 spiro atoms. The molecule has 0 bridgehead atoms. The Morgan fingerprint density at radius 1 is 1.14 bits per heavy atom. The summed E-state index contributed by atoms with van der Waals surface area (Å²) in [4.78, 5) is 2.23. The molecule has 0 radical (unpaired) electrons. The van der Waals surface area contributed by atoms with Crippen LogP contribution in [-0.2, 0) is 4.74 Å². The summed E-state index contributed by atoms with van der Waals surface area (Å²) in [7, 11) is 0. The molecule has 0 aromatic heterocycles. The number of ether oxygens (including phenoxy) is 1. The summed E-state index contributed by atoms with van der Waals surface area (Å²) in [5.41, 5.74) is 11.0. The van der Waals surface area contributed by atoms with E-state index in [9.17, 15) is 0 Å². The molecule has 0 aliphatic carbocycles. The lowest BCUT2D eigenvalue weighted by Crippen LogP contribution is -2.37. The molecule has 4 heteroatoms. The van der Waals surface area contributed by atoms with Gasteiger partial charge in [0.15, 0.2) is 0 Å². The zero-order chi connectivity index (χ0) is 10.8. The van der Waals surface area contributed by atoms with Gasteiger partial charge in [-0.15, -0.1) is 0 Å². The van der Waals surface area contributed by atoms with Crippen LogP contribution in [0, 0.1) is 0 Å². The molecular weight excluding hydrogens is 178 g/mol. The molecule has 0 saturated carbocycles. The normalized spacial score (nSPS) is 11.6. The average molecular weight is 203 g/mol. The van der Waals surface area contributed by atoms with Gasteiger partial charge in [-0.3, -0.25) is 4.90 Å². The molecule has 0 unspecified atom stereocenters. The minimum Gasteiger partial charge on any atom is -0.381 e. The van der Waals surface area contributed by atoms with E-state index in [1.807, 2.05) is 0 Å². The molecule has 4 N–H and O–H groups in total. The van der Waals surface area contributed by atoms with Gasteiger partial charge in [0.05, 0.1) is 0 Å². The van der Waals surface area contributed by atoms with E-state index >= 15 is 0 Å². The van der Waals surface area contributed by atoms with Crippen LogP contribution in [0.1, 0.15) is 26.7 Å². The molecule has 4 nitrogen and oxygen atoms in total. The standard InChI is InChI=1S/C10H25N3O/c1-10(2)13(9-12)6-4-8-14-7-3-5-11/h10H,3-9,11-12H2,1-2H3. The van der Waals surface area contributed by atoms with Gasteiger partial charge < -0.3 is 16.2 Å². The van der Waals surface area contributed by atoms with E-state index in [1.165, 1.54) is 0 Å². The molecule has 86 valence electrons. The first-order valence-corrected chi connectivity index (χ1v) is 5.44. The van der Waals surface area contributed by atoms with Crippen molar-refractivity contribution in [1.82, 2.24) is 4.90 Å². The number of hydrogen-bond acceptors (Lipinski definition) is 4. The lowest BCUT2D eigenvalue weighted by molar-refractivity contribution is 0.115. The quantitative estimate of drug-likeness (QED) is 0.420. The van der Waals surface area contributed by atoms with E-state index in [1.54, 1.807) is 0 Å². The highest BCUT2D eigenvalue weighted by Crippen LogP contribution is 1.97. The van der Waals surface area contributed by atoms with Gasteiger partial charge in [0, 0.05) is 32.5 Å². The Morgan fingerprint density at radius 2 is 1.79 bits per heavy atom. The summed E-state index contributed by atoms with van der Waals surface area (Å²) < 4.78 is 5.40. The molecule has 14 heavy (non-hydrogen) atoms. The van der Waals surface area contributed by atoms with Crippen molar-refractivity contribution in [3.05, 3.63) is 0 Å². The third-order valence-corrected chi connectivity index (χ3v) is 2.19. The smallest absolute Gasteiger partial charge is 0.0478 e. The van der Waals surface area contributed by atoms with E-state index in [0.29, 0.717) is 19.3 Å². The van der Waals surface area contributed by atoms with Gasteiger partial charge >= 0.3 is 0 Å². The maximum absolute atomic E-state index is 5.60. The van der Waals surface area contributed by atoms with Crippen LogP contribution in [0.15, 0.2) is 0 Å². The van der Waals surface area contributed by atoms with E-state index in [0.717, 1.165) is 32.6 Å². The molecule has 0 aliphatic rings. The van der Waals surface area contributed by atoms with E-state index in [2.05, 4.69) is 18.7 Å². The zero-order valence-electron chi connectivity index (χ0n) is 9.54. The van der Waals surface area contributed by atoms with Crippen molar-refractivity contribution in [2.24, 2.45) is 11.5 Å². The fourth-order valence-electron chi connectivity index (χ4n) is 1.22. The molecule has 0 atom stereocenters. The molecular formula is C10H25N3O. The lowest BCUT2D eigenvalue weighted by atomic mass is 10.3. The van der Waals surface area contributed by atoms with Crippen LogP contribution in [0.3, 0.4) is 0 Å². The Balaban J connectivity index is 3.25. The van der Waals surface area contributed by atoms with Crippen molar-refractivity contribution >= 4 is 0 Å². The van der Waals surface area contributed by atoms with E-state index in [-0.39, 0.29) is 0 Å². The molecule has 0 aromatic rings. The highest BCUT2D eigenvalue weighted by atomic mass is 16.5. The third-order valence-electron chi connectivity index (χ3n) is 2.19. The highest BCUT2D eigenvalue weighted by Gasteiger charge is 2.05. The summed E-state index contributed by atoms with van der Waals surface area (Å²) in [6.45, 7) is 8.24. The van der Waals surface area contributed by atoms with Gasteiger partial charge in [0.25, 0.3) is 0 Å². The summed E-state index contributed by atoms with van der Waals surface area (Å²) in [6.07, 6.45) is 1.99. The van der Waals surface area contributed by atoms with Gasteiger partial charge in [-0.1, -0.05) is 0 Å². The topological polar surface area (TPSA) is 64.5 Å². The second-order valence-electron chi connectivity index (χ2n) is 3.70. The van der Waals surface area contributed by atoms with Gasteiger partial charge in [0.2, 0.25) is 0 Å². The van der Waals surface area contributed by atoms with Crippen LogP contribution in [0.25, 0.3) is 0 Å². The number of nitrogens with zero attached hydrogens (tertiary/aromatic N) is 1. The molecule has 0 aliphatic heterocycles. The number of nitrogens with two attached hydrogens (primary N) is 2. The second kappa shape index (κ2) is 9.40. The van der Waals surface area contributed by atoms with Crippen molar-refractivity contribution < 1.29 is 4.74 Å². The van der Waals surface area contributed by atoms with Crippen LogP contribution < -0.4 is 11.5 Å². The van der Waals surface area contributed by atoms with Crippen LogP contribution in [-0.4, -0.2) is 43.9 Å². The summed E-state index contributed by atoms with van der Waals surface area (Å²) in [5, 5.41) is 0. The summed E-state index contributed by atoms with van der Waals surface area (Å²) in [5.74, 6) is 0. The maximum atomic E-state index is 5.60. The Morgan fingerprint density at radius 3 is 2.29 bits per heavy atom. The Kier molecular flexibility index (Phi) is 9.29. The van der Waals surface area contributed by atoms with Crippen LogP contribution in [0.2, 0.25) is 0 Å². The van der Waals surface area contributed by atoms with E-state index < -0.39 is 0 Å².